The molecule has 0 aliphatic carbocycles. The van der Waals surface area contributed by atoms with Crippen LogP contribution in [0, 0.1) is 0 Å². The number of rotatable bonds is 4. The Hall–Kier alpha value is -3.53. The maximum Gasteiger partial charge on any atom is 0.200 e. The molecule has 1 aliphatic heterocycles. The second kappa shape index (κ2) is 7.95. The van der Waals surface area contributed by atoms with Crippen molar-refractivity contribution in [1.29, 1.82) is 0 Å². The highest BCUT2D eigenvalue weighted by molar-refractivity contribution is 5.95. The molecule has 158 valence electrons. The highest BCUT2D eigenvalue weighted by Gasteiger charge is 2.27. The average molecular weight is 415 g/mol. The minimum Gasteiger partial charge on any atom is -0.507 e. The number of hydrogen-bond acceptors (Lipinski definition) is 4. The number of fused-ring (bicyclic) bond motifs is 3. The number of allylic oxidation sites excluding steroid dienone is 4. The van der Waals surface area contributed by atoms with Crippen molar-refractivity contribution in [3.63, 3.8) is 0 Å². The van der Waals surface area contributed by atoms with Gasteiger partial charge in [0.2, 0.25) is 5.43 Å². The van der Waals surface area contributed by atoms with Gasteiger partial charge in [0.1, 0.15) is 28.2 Å². The monoisotopic (exact) mass is 414 g/mol. The van der Waals surface area contributed by atoms with E-state index in [1.54, 1.807) is 0 Å². The summed E-state index contributed by atoms with van der Waals surface area (Å²) in [6, 6.07) is 11.1. The van der Waals surface area contributed by atoms with E-state index in [4.69, 9.17) is 9.15 Å². The van der Waals surface area contributed by atoms with Crippen molar-refractivity contribution in [3.05, 3.63) is 87.6 Å². The number of ether oxygens (including phenoxy) is 1. The maximum absolute atomic E-state index is 13.6. The molecule has 0 atom stereocenters. The van der Waals surface area contributed by atoms with Crippen molar-refractivity contribution >= 4 is 17.0 Å². The molecule has 1 N–H and O–H groups in total. The topological polar surface area (TPSA) is 59.7 Å². The van der Waals surface area contributed by atoms with Gasteiger partial charge >= 0.3 is 0 Å². The molecule has 1 aromatic heterocycles. The van der Waals surface area contributed by atoms with Gasteiger partial charge in [0.05, 0.1) is 5.56 Å². The van der Waals surface area contributed by atoms with E-state index in [1.165, 1.54) is 11.6 Å². The van der Waals surface area contributed by atoms with Crippen LogP contribution in [0.2, 0.25) is 0 Å². The molecular formula is C27H26O4. The largest absolute Gasteiger partial charge is 0.507 e. The van der Waals surface area contributed by atoms with Crippen molar-refractivity contribution in [1.82, 2.24) is 0 Å². The van der Waals surface area contributed by atoms with Crippen LogP contribution in [0.4, 0.5) is 0 Å². The van der Waals surface area contributed by atoms with E-state index in [0.29, 0.717) is 34.6 Å². The summed E-state index contributed by atoms with van der Waals surface area (Å²) in [6.45, 7) is 7.90. The fraction of sp³-hybridized carbons (Fsp3) is 0.222. The molecule has 0 bridgehead atoms. The molecule has 0 fully saturated rings. The fourth-order valence-corrected chi connectivity index (χ4v) is 3.68. The van der Waals surface area contributed by atoms with Crippen LogP contribution in [0.1, 0.15) is 38.8 Å². The molecule has 0 amide bonds. The molecule has 3 aromatic rings. The first-order valence-corrected chi connectivity index (χ1v) is 10.4. The van der Waals surface area contributed by atoms with Gasteiger partial charge in [0.25, 0.3) is 0 Å². The summed E-state index contributed by atoms with van der Waals surface area (Å²) >= 11 is 0. The van der Waals surface area contributed by atoms with Gasteiger partial charge in [-0.15, -0.1) is 0 Å². The Labute approximate surface area is 181 Å². The Balaban J connectivity index is 2.00. The minimum atomic E-state index is -0.509. The highest BCUT2D eigenvalue weighted by atomic mass is 16.5. The SMILES string of the molecule is CC(C)=C/C=C/Cc1c(-c2ccccc2)oc2c3c(cc(O)c2c1=O)OC(C)(C)C=C3. The Kier molecular flexibility index (Phi) is 5.32. The normalized spacial score (nSPS) is 14.5. The van der Waals surface area contributed by atoms with Gasteiger partial charge in [-0.2, -0.15) is 0 Å². The lowest BCUT2D eigenvalue weighted by Gasteiger charge is -2.28. The molecule has 0 saturated heterocycles. The van der Waals surface area contributed by atoms with E-state index < -0.39 is 5.60 Å². The Morgan fingerprint density at radius 1 is 1.16 bits per heavy atom. The zero-order valence-electron chi connectivity index (χ0n) is 18.2. The van der Waals surface area contributed by atoms with E-state index in [2.05, 4.69) is 0 Å². The van der Waals surface area contributed by atoms with Gasteiger partial charge in [-0.05, 0) is 46.3 Å². The molecule has 0 unspecified atom stereocenters. The van der Waals surface area contributed by atoms with Crippen molar-refractivity contribution in [2.24, 2.45) is 0 Å². The average Bonchev–Trinajstić information content (AvgIpc) is 2.71. The third-order valence-electron chi connectivity index (χ3n) is 5.19. The first-order valence-electron chi connectivity index (χ1n) is 10.4. The van der Waals surface area contributed by atoms with Gasteiger partial charge in [0.15, 0.2) is 5.58 Å². The minimum absolute atomic E-state index is 0.136. The van der Waals surface area contributed by atoms with Gasteiger partial charge in [0, 0.05) is 17.2 Å². The third kappa shape index (κ3) is 4.06. The van der Waals surface area contributed by atoms with Crippen LogP contribution in [0.25, 0.3) is 28.4 Å². The summed E-state index contributed by atoms with van der Waals surface area (Å²) in [6.07, 6.45) is 10.1. The molecule has 4 heteroatoms. The van der Waals surface area contributed by atoms with E-state index in [-0.39, 0.29) is 16.6 Å². The quantitative estimate of drug-likeness (QED) is 0.501. The molecule has 2 heterocycles. The molecule has 0 spiro atoms. The smallest absolute Gasteiger partial charge is 0.200 e. The molecular weight excluding hydrogens is 388 g/mol. The first kappa shape index (κ1) is 20.7. The van der Waals surface area contributed by atoms with Crippen molar-refractivity contribution in [2.75, 3.05) is 0 Å². The lowest BCUT2D eigenvalue weighted by atomic mass is 9.97. The molecule has 1 aliphatic rings. The van der Waals surface area contributed by atoms with Crippen molar-refractivity contribution in [3.8, 4) is 22.8 Å². The predicted octanol–water partition coefficient (Wildman–Crippen LogP) is 6.41. The van der Waals surface area contributed by atoms with Crippen molar-refractivity contribution < 1.29 is 14.3 Å². The number of aromatic hydroxyl groups is 1. The number of hydrogen-bond donors (Lipinski definition) is 1. The van der Waals surface area contributed by atoms with Crippen LogP contribution in [0.5, 0.6) is 11.5 Å². The molecule has 2 aromatic carbocycles. The number of benzene rings is 2. The van der Waals surface area contributed by atoms with E-state index in [1.807, 2.05) is 88.4 Å². The summed E-state index contributed by atoms with van der Waals surface area (Å²) < 4.78 is 12.3. The van der Waals surface area contributed by atoms with Crippen LogP contribution >= 0.6 is 0 Å². The molecule has 4 nitrogen and oxygen atoms in total. The zero-order valence-corrected chi connectivity index (χ0v) is 18.2. The zero-order chi connectivity index (χ0) is 22.2. The molecule has 31 heavy (non-hydrogen) atoms. The maximum atomic E-state index is 13.6. The Morgan fingerprint density at radius 2 is 1.90 bits per heavy atom. The van der Waals surface area contributed by atoms with Crippen LogP contribution < -0.4 is 10.2 Å². The first-order chi connectivity index (χ1) is 14.8. The van der Waals surface area contributed by atoms with Crippen molar-refractivity contribution in [2.45, 2.75) is 39.7 Å². The second-order valence-electron chi connectivity index (χ2n) is 8.53. The van der Waals surface area contributed by atoms with Crippen LogP contribution in [-0.2, 0) is 6.42 Å². The van der Waals surface area contributed by atoms with Crippen LogP contribution in [-0.4, -0.2) is 10.7 Å². The van der Waals surface area contributed by atoms with Gasteiger partial charge in [-0.25, -0.2) is 0 Å². The lowest BCUT2D eigenvalue weighted by Crippen LogP contribution is -2.27. The highest BCUT2D eigenvalue weighted by Crippen LogP contribution is 2.41. The number of phenolic OH excluding ortho intramolecular Hbond substituents is 1. The van der Waals surface area contributed by atoms with Gasteiger partial charge in [-0.3, -0.25) is 4.79 Å². The van der Waals surface area contributed by atoms with E-state index >= 15 is 0 Å². The second-order valence-corrected chi connectivity index (χ2v) is 8.53. The number of phenols is 1. The summed E-state index contributed by atoms with van der Waals surface area (Å²) in [5.74, 6) is 0.865. The third-order valence-corrected chi connectivity index (χ3v) is 5.19. The molecule has 0 saturated carbocycles. The predicted molar refractivity (Wildman–Crippen MR) is 126 cm³/mol. The van der Waals surface area contributed by atoms with E-state index in [9.17, 15) is 9.90 Å². The summed E-state index contributed by atoms with van der Waals surface area (Å²) in [5, 5.41) is 10.9. The van der Waals surface area contributed by atoms with Crippen LogP contribution in [0.3, 0.4) is 0 Å². The van der Waals surface area contributed by atoms with Gasteiger partial charge in [-0.1, -0.05) is 54.1 Å². The summed E-state index contributed by atoms with van der Waals surface area (Å²) in [5.41, 5.74) is 2.74. The van der Waals surface area contributed by atoms with Crippen LogP contribution in [0.15, 0.2) is 75.5 Å². The van der Waals surface area contributed by atoms with Gasteiger partial charge < -0.3 is 14.3 Å². The fourth-order valence-electron chi connectivity index (χ4n) is 3.68. The Bertz CT molecular complexity index is 1280. The molecule has 0 radical (unpaired) electrons. The van der Waals surface area contributed by atoms with E-state index in [0.717, 1.165) is 5.56 Å². The molecule has 4 rings (SSSR count). The lowest BCUT2D eigenvalue weighted by molar-refractivity contribution is 0.158. The standard InChI is InChI=1S/C27H26O4/c1-17(2)10-8-9-13-20-24(29)23-21(28)16-22-19(14-15-27(3,4)31-22)26(23)30-25(20)18-11-6-5-7-12-18/h5-12,14-16,28H,13H2,1-4H3/b9-8+. The Morgan fingerprint density at radius 3 is 2.61 bits per heavy atom. The summed E-state index contributed by atoms with van der Waals surface area (Å²) in [7, 11) is 0. The summed E-state index contributed by atoms with van der Waals surface area (Å²) in [4.78, 5) is 13.6.